The fourth-order valence-corrected chi connectivity index (χ4v) is 2.04. The van der Waals surface area contributed by atoms with E-state index in [1.54, 1.807) is 6.08 Å². The highest BCUT2D eigenvalue weighted by molar-refractivity contribution is 7.80. The van der Waals surface area contributed by atoms with Gasteiger partial charge in [-0.2, -0.15) is 0 Å². The molecule has 20 heavy (non-hydrogen) atoms. The average Bonchev–Trinajstić information content (AvgIpc) is 2.47. The minimum Gasteiger partial charge on any atom is -0.462 e. The minimum atomic E-state index is -0.269. The van der Waals surface area contributed by atoms with E-state index < -0.39 is 0 Å². The van der Waals surface area contributed by atoms with Gasteiger partial charge in [-0.05, 0) is 36.1 Å². The summed E-state index contributed by atoms with van der Waals surface area (Å²) < 4.78 is 5.30. The van der Waals surface area contributed by atoms with E-state index >= 15 is 0 Å². The fraction of sp³-hybridized carbons (Fsp3) is 0.471. The first-order chi connectivity index (χ1) is 9.65. The Hall–Kier alpha value is -1.22. The second-order valence-electron chi connectivity index (χ2n) is 4.97. The van der Waals surface area contributed by atoms with E-state index in [1.807, 2.05) is 24.3 Å². The third-order valence-corrected chi connectivity index (χ3v) is 3.61. The molecular weight excluding hydrogens is 268 g/mol. The van der Waals surface area contributed by atoms with Crippen molar-refractivity contribution in [3.05, 3.63) is 35.9 Å². The van der Waals surface area contributed by atoms with Crippen LogP contribution in [0.4, 0.5) is 0 Å². The molecule has 0 saturated heterocycles. The van der Waals surface area contributed by atoms with Crippen molar-refractivity contribution in [3.63, 3.8) is 0 Å². The number of unbranched alkanes of at least 4 members (excludes halogenated alkanes) is 1. The van der Waals surface area contributed by atoms with Gasteiger partial charge in [0, 0.05) is 11.0 Å². The van der Waals surface area contributed by atoms with Crippen LogP contribution >= 0.6 is 12.6 Å². The van der Waals surface area contributed by atoms with E-state index in [9.17, 15) is 4.79 Å². The summed E-state index contributed by atoms with van der Waals surface area (Å²) in [5.41, 5.74) is 0.970. The Balaban J connectivity index is 2.37. The van der Waals surface area contributed by atoms with Gasteiger partial charge in [0.25, 0.3) is 0 Å². The van der Waals surface area contributed by atoms with E-state index in [4.69, 9.17) is 4.74 Å². The van der Waals surface area contributed by atoms with Gasteiger partial charge in [-0.3, -0.25) is 0 Å². The molecule has 0 radical (unpaired) electrons. The van der Waals surface area contributed by atoms with Crippen molar-refractivity contribution >= 4 is 24.7 Å². The van der Waals surface area contributed by atoms with Crippen molar-refractivity contribution in [1.29, 1.82) is 0 Å². The van der Waals surface area contributed by atoms with Gasteiger partial charge in [0.1, 0.15) is 0 Å². The third-order valence-electron chi connectivity index (χ3n) is 3.31. The molecule has 3 heteroatoms. The SMILES string of the molecule is CCCCC(CC)COC(=O)/C=C/c1ccc(S)cc1. The number of ether oxygens (including phenoxy) is 1. The molecule has 0 aromatic heterocycles. The number of carbonyl (C=O) groups is 1. The van der Waals surface area contributed by atoms with Crippen LogP contribution in [-0.4, -0.2) is 12.6 Å². The molecule has 1 atom stereocenters. The van der Waals surface area contributed by atoms with E-state index in [-0.39, 0.29) is 5.97 Å². The minimum absolute atomic E-state index is 0.269. The Morgan fingerprint density at radius 1 is 1.30 bits per heavy atom. The first-order valence-corrected chi connectivity index (χ1v) is 7.74. The maximum absolute atomic E-state index is 11.7. The van der Waals surface area contributed by atoms with Gasteiger partial charge in [-0.25, -0.2) is 4.79 Å². The zero-order valence-electron chi connectivity index (χ0n) is 12.3. The summed E-state index contributed by atoms with van der Waals surface area (Å²) in [6.07, 6.45) is 7.82. The number of thiol groups is 1. The molecule has 0 amide bonds. The van der Waals surface area contributed by atoms with Crippen LogP contribution in [0.15, 0.2) is 35.2 Å². The normalized spacial score (nSPS) is 12.6. The van der Waals surface area contributed by atoms with Gasteiger partial charge in [0.2, 0.25) is 0 Å². The van der Waals surface area contributed by atoms with Crippen LogP contribution in [0.1, 0.15) is 45.1 Å². The summed E-state index contributed by atoms with van der Waals surface area (Å²) >= 11 is 4.22. The lowest BCUT2D eigenvalue weighted by Gasteiger charge is -2.13. The number of esters is 1. The van der Waals surface area contributed by atoms with Gasteiger partial charge in [-0.15, -0.1) is 12.6 Å². The molecule has 0 N–H and O–H groups in total. The molecule has 1 aromatic rings. The number of hydrogen-bond donors (Lipinski definition) is 1. The summed E-state index contributed by atoms with van der Waals surface area (Å²) in [5, 5.41) is 0. The lowest BCUT2D eigenvalue weighted by molar-refractivity contribution is -0.139. The number of rotatable bonds is 8. The van der Waals surface area contributed by atoms with Gasteiger partial charge >= 0.3 is 5.97 Å². The molecule has 0 aliphatic carbocycles. The van der Waals surface area contributed by atoms with Crippen molar-refractivity contribution in [2.24, 2.45) is 5.92 Å². The molecule has 1 aromatic carbocycles. The molecule has 0 spiro atoms. The largest absolute Gasteiger partial charge is 0.462 e. The first kappa shape index (κ1) is 16.8. The molecule has 1 unspecified atom stereocenters. The summed E-state index contributed by atoms with van der Waals surface area (Å²) in [4.78, 5) is 12.6. The second kappa shape index (κ2) is 9.65. The Morgan fingerprint density at radius 3 is 2.60 bits per heavy atom. The summed E-state index contributed by atoms with van der Waals surface area (Å²) in [5.74, 6) is 0.214. The molecule has 0 fully saturated rings. The maximum Gasteiger partial charge on any atom is 0.330 e. The molecule has 0 heterocycles. The van der Waals surface area contributed by atoms with Gasteiger partial charge < -0.3 is 4.74 Å². The Labute approximate surface area is 127 Å². The smallest absolute Gasteiger partial charge is 0.330 e. The van der Waals surface area contributed by atoms with E-state index in [0.29, 0.717) is 12.5 Å². The highest BCUT2D eigenvalue weighted by Gasteiger charge is 2.08. The summed E-state index contributed by atoms with van der Waals surface area (Å²) in [7, 11) is 0. The fourth-order valence-electron chi connectivity index (χ4n) is 1.90. The summed E-state index contributed by atoms with van der Waals surface area (Å²) in [6, 6.07) is 7.63. The number of carbonyl (C=O) groups excluding carboxylic acids is 1. The highest BCUT2D eigenvalue weighted by Crippen LogP contribution is 2.13. The molecule has 0 bridgehead atoms. The first-order valence-electron chi connectivity index (χ1n) is 7.29. The van der Waals surface area contributed by atoms with Gasteiger partial charge in [0.05, 0.1) is 6.61 Å². The zero-order valence-corrected chi connectivity index (χ0v) is 13.2. The molecule has 0 aliphatic heterocycles. The monoisotopic (exact) mass is 292 g/mol. The Kier molecular flexibility index (Phi) is 8.12. The average molecular weight is 292 g/mol. The highest BCUT2D eigenvalue weighted by atomic mass is 32.1. The van der Waals surface area contributed by atoms with Gasteiger partial charge in [-0.1, -0.05) is 45.2 Å². The number of benzene rings is 1. The molecule has 1 rings (SSSR count). The van der Waals surface area contributed by atoms with Crippen molar-refractivity contribution in [3.8, 4) is 0 Å². The van der Waals surface area contributed by atoms with E-state index in [2.05, 4.69) is 26.5 Å². The topological polar surface area (TPSA) is 26.3 Å². The molecule has 110 valence electrons. The third kappa shape index (κ3) is 6.80. The zero-order chi connectivity index (χ0) is 14.8. The molecule has 0 aliphatic rings. The lowest BCUT2D eigenvalue weighted by Crippen LogP contribution is -2.12. The van der Waals surface area contributed by atoms with Crippen LogP contribution in [0.3, 0.4) is 0 Å². The van der Waals surface area contributed by atoms with Crippen molar-refractivity contribution in [1.82, 2.24) is 0 Å². The lowest BCUT2D eigenvalue weighted by atomic mass is 10.0. The van der Waals surface area contributed by atoms with Crippen LogP contribution < -0.4 is 0 Å². The standard InChI is InChI=1S/C17H24O2S/c1-3-5-6-14(4-2)13-19-17(18)12-9-15-7-10-16(20)11-8-15/h7-12,14,20H,3-6,13H2,1-2H3/b12-9+. The van der Waals surface area contributed by atoms with Crippen LogP contribution in [0.5, 0.6) is 0 Å². The quantitative estimate of drug-likeness (QED) is 0.425. The molecule has 2 nitrogen and oxygen atoms in total. The predicted octanol–water partition coefficient (Wildman–Crippen LogP) is 4.75. The predicted molar refractivity (Wildman–Crippen MR) is 87.0 cm³/mol. The van der Waals surface area contributed by atoms with Crippen molar-refractivity contribution in [2.75, 3.05) is 6.61 Å². The van der Waals surface area contributed by atoms with Crippen LogP contribution in [0.2, 0.25) is 0 Å². The number of hydrogen-bond acceptors (Lipinski definition) is 3. The summed E-state index contributed by atoms with van der Waals surface area (Å²) in [6.45, 7) is 4.84. The van der Waals surface area contributed by atoms with Crippen LogP contribution in [-0.2, 0) is 9.53 Å². The van der Waals surface area contributed by atoms with Crippen molar-refractivity contribution < 1.29 is 9.53 Å². The molecular formula is C17H24O2S. The van der Waals surface area contributed by atoms with Crippen LogP contribution in [0, 0.1) is 5.92 Å². The second-order valence-corrected chi connectivity index (χ2v) is 5.49. The van der Waals surface area contributed by atoms with Crippen LogP contribution in [0.25, 0.3) is 6.08 Å². The van der Waals surface area contributed by atoms with Gasteiger partial charge in [0.15, 0.2) is 0 Å². The Bertz CT molecular complexity index is 423. The van der Waals surface area contributed by atoms with E-state index in [0.717, 1.165) is 23.3 Å². The molecule has 0 saturated carbocycles. The maximum atomic E-state index is 11.7. The van der Waals surface area contributed by atoms with E-state index in [1.165, 1.54) is 18.9 Å². The Morgan fingerprint density at radius 2 is 2.00 bits per heavy atom. The van der Waals surface area contributed by atoms with Crippen molar-refractivity contribution in [2.45, 2.75) is 44.4 Å².